The zero-order valence-corrected chi connectivity index (χ0v) is 11.6. The van der Waals surface area contributed by atoms with Gasteiger partial charge in [0.2, 0.25) is 0 Å². The number of nitrogens with two attached hydrogens (primary N) is 1. The number of nitrogens with zero attached hydrogens (tertiary/aromatic N) is 1. The molecule has 1 aromatic carbocycles. The number of anilines is 1. The van der Waals surface area contributed by atoms with Gasteiger partial charge in [0.05, 0.1) is 12.2 Å². The lowest BCUT2D eigenvalue weighted by Crippen LogP contribution is -2.22. The zero-order chi connectivity index (χ0) is 13.9. The second-order valence-electron chi connectivity index (χ2n) is 5.38. The molecule has 0 fully saturated rings. The van der Waals surface area contributed by atoms with Crippen molar-refractivity contribution in [1.82, 2.24) is 4.98 Å². The maximum absolute atomic E-state index is 5.92. The summed E-state index contributed by atoms with van der Waals surface area (Å²) in [5.74, 6) is 0.809. The molecule has 1 heterocycles. The summed E-state index contributed by atoms with van der Waals surface area (Å²) in [6.45, 7) is 7.14. The third-order valence-electron chi connectivity index (χ3n) is 2.69. The Morgan fingerprint density at radius 3 is 2.63 bits per heavy atom. The number of pyridine rings is 1. The Bertz CT molecular complexity index is 562. The SMILES string of the molecule is CC(C)(C)OCCOc1ccc(N)c2cnccc12. The third-order valence-corrected chi connectivity index (χ3v) is 2.69. The summed E-state index contributed by atoms with van der Waals surface area (Å²) < 4.78 is 11.4. The highest BCUT2D eigenvalue weighted by atomic mass is 16.5. The van der Waals surface area contributed by atoms with Crippen molar-refractivity contribution in [3.05, 3.63) is 30.6 Å². The molecule has 2 N–H and O–H groups in total. The van der Waals surface area contributed by atoms with E-state index in [1.165, 1.54) is 0 Å². The molecule has 0 amide bonds. The van der Waals surface area contributed by atoms with Crippen LogP contribution in [0.5, 0.6) is 5.75 Å². The summed E-state index contributed by atoms with van der Waals surface area (Å²) in [6.07, 6.45) is 3.49. The van der Waals surface area contributed by atoms with Crippen molar-refractivity contribution in [2.24, 2.45) is 0 Å². The standard InChI is InChI=1S/C15H20N2O2/c1-15(2,3)19-9-8-18-14-5-4-13(16)12-10-17-7-6-11(12)14/h4-7,10H,8-9,16H2,1-3H3. The van der Waals surface area contributed by atoms with E-state index in [9.17, 15) is 0 Å². The highest BCUT2D eigenvalue weighted by Crippen LogP contribution is 2.29. The Balaban J connectivity index is 2.07. The maximum Gasteiger partial charge on any atom is 0.127 e. The van der Waals surface area contributed by atoms with Crippen molar-refractivity contribution in [3.63, 3.8) is 0 Å². The molecule has 102 valence electrons. The van der Waals surface area contributed by atoms with Crippen LogP contribution in [-0.4, -0.2) is 23.8 Å². The van der Waals surface area contributed by atoms with E-state index in [1.54, 1.807) is 12.4 Å². The fourth-order valence-electron chi connectivity index (χ4n) is 1.81. The lowest BCUT2D eigenvalue weighted by Gasteiger charge is -2.19. The molecular weight excluding hydrogens is 240 g/mol. The number of hydrogen-bond acceptors (Lipinski definition) is 4. The lowest BCUT2D eigenvalue weighted by molar-refractivity contribution is -0.0161. The largest absolute Gasteiger partial charge is 0.491 e. The number of fused-ring (bicyclic) bond motifs is 1. The highest BCUT2D eigenvalue weighted by molar-refractivity contribution is 5.96. The van der Waals surface area contributed by atoms with Gasteiger partial charge in [0, 0.05) is 28.9 Å². The van der Waals surface area contributed by atoms with Crippen LogP contribution < -0.4 is 10.5 Å². The molecule has 0 aliphatic rings. The normalized spacial score (nSPS) is 11.7. The van der Waals surface area contributed by atoms with E-state index in [4.69, 9.17) is 15.2 Å². The first-order valence-electron chi connectivity index (χ1n) is 6.36. The summed E-state index contributed by atoms with van der Waals surface area (Å²) in [4.78, 5) is 4.08. The van der Waals surface area contributed by atoms with Crippen LogP contribution in [0, 0.1) is 0 Å². The number of ether oxygens (including phenoxy) is 2. The molecule has 0 radical (unpaired) electrons. The van der Waals surface area contributed by atoms with Crippen molar-refractivity contribution < 1.29 is 9.47 Å². The molecule has 4 heteroatoms. The quantitative estimate of drug-likeness (QED) is 0.678. The van der Waals surface area contributed by atoms with Gasteiger partial charge in [-0.15, -0.1) is 0 Å². The molecule has 0 atom stereocenters. The highest BCUT2D eigenvalue weighted by Gasteiger charge is 2.10. The second-order valence-corrected chi connectivity index (χ2v) is 5.38. The van der Waals surface area contributed by atoms with Crippen molar-refractivity contribution in [1.29, 1.82) is 0 Å². The average molecular weight is 260 g/mol. The molecule has 1 aromatic heterocycles. The van der Waals surface area contributed by atoms with Gasteiger partial charge in [0.25, 0.3) is 0 Å². The first-order valence-corrected chi connectivity index (χ1v) is 6.36. The Kier molecular flexibility index (Phi) is 3.90. The molecule has 0 bridgehead atoms. The Hall–Kier alpha value is -1.81. The van der Waals surface area contributed by atoms with E-state index in [0.29, 0.717) is 18.9 Å². The monoisotopic (exact) mass is 260 g/mol. The number of hydrogen-bond donors (Lipinski definition) is 1. The van der Waals surface area contributed by atoms with E-state index < -0.39 is 0 Å². The fraction of sp³-hybridized carbons (Fsp3) is 0.400. The summed E-state index contributed by atoms with van der Waals surface area (Å²) >= 11 is 0. The van der Waals surface area contributed by atoms with Gasteiger partial charge in [-0.05, 0) is 39.0 Å². The van der Waals surface area contributed by atoms with Gasteiger partial charge in [-0.1, -0.05) is 0 Å². The van der Waals surface area contributed by atoms with Crippen LogP contribution in [0.15, 0.2) is 30.6 Å². The molecule has 0 aliphatic heterocycles. The van der Waals surface area contributed by atoms with E-state index in [-0.39, 0.29) is 5.60 Å². The predicted octanol–water partition coefficient (Wildman–Crippen LogP) is 3.01. The van der Waals surface area contributed by atoms with Gasteiger partial charge in [0.1, 0.15) is 12.4 Å². The number of aromatic nitrogens is 1. The molecule has 0 unspecified atom stereocenters. The first kappa shape index (κ1) is 13.6. The topological polar surface area (TPSA) is 57.4 Å². The van der Waals surface area contributed by atoms with Crippen LogP contribution in [0.1, 0.15) is 20.8 Å². The minimum absolute atomic E-state index is 0.142. The van der Waals surface area contributed by atoms with E-state index in [2.05, 4.69) is 4.98 Å². The van der Waals surface area contributed by atoms with Crippen molar-refractivity contribution in [3.8, 4) is 5.75 Å². The predicted molar refractivity (Wildman–Crippen MR) is 77.4 cm³/mol. The van der Waals surface area contributed by atoms with Crippen molar-refractivity contribution in [2.75, 3.05) is 18.9 Å². The molecule has 0 spiro atoms. The summed E-state index contributed by atoms with van der Waals surface area (Å²) in [5.41, 5.74) is 6.48. The van der Waals surface area contributed by atoms with Crippen LogP contribution in [0.2, 0.25) is 0 Å². The molecule has 0 saturated heterocycles. The zero-order valence-electron chi connectivity index (χ0n) is 11.6. The van der Waals surface area contributed by atoms with E-state index in [1.807, 2.05) is 39.0 Å². The van der Waals surface area contributed by atoms with E-state index in [0.717, 1.165) is 16.5 Å². The Morgan fingerprint density at radius 1 is 1.11 bits per heavy atom. The van der Waals surface area contributed by atoms with Crippen LogP contribution in [0.25, 0.3) is 10.8 Å². The minimum Gasteiger partial charge on any atom is -0.491 e. The third kappa shape index (κ3) is 3.58. The van der Waals surface area contributed by atoms with Crippen LogP contribution in [0.3, 0.4) is 0 Å². The average Bonchev–Trinajstić information content (AvgIpc) is 2.36. The van der Waals surface area contributed by atoms with Gasteiger partial charge >= 0.3 is 0 Å². The van der Waals surface area contributed by atoms with Gasteiger partial charge in [-0.3, -0.25) is 4.98 Å². The first-order chi connectivity index (χ1) is 8.97. The van der Waals surface area contributed by atoms with Gasteiger partial charge in [-0.2, -0.15) is 0 Å². The molecule has 0 saturated carbocycles. The number of rotatable bonds is 4. The molecule has 4 nitrogen and oxygen atoms in total. The summed E-state index contributed by atoms with van der Waals surface area (Å²) in [5, 5.41) is 1.89. The molecule has 2 aromatic rings. The van der Waals surface area contributed by atoms with Crippen LogP contribution in [-0.2, 0) is 4.74 Å². The smallest absolute Gasteiger partial charge is 0.127 e. The van der Waals surface area contributed by atoms with Gasteiger partial charge < -0.3 is 15.2 Å². The summed E-state index contributed by atoms with van der Waals surface area (Å²) in [7, 11) is 0. The van der Waals surface area contributed by atoms with Gasteiger partial charge in [-0.25, -0.2) is 0 Å². The van der Waals surface area contributed by atoms with Gasteiger partial charge in [0.15, 0.2) is 0 Å². The number of benzene rings is 1. The second kappa shape index (κ2) is 5.45. The molecule has 19 heavy (non-hydrogen) atoms. The van der Waals surface area contributed by atoms with E-state index >= 15 is 0 Å². The molecular formula is C15H20N2O2. The summed E-state index contributed by atoms with van der Waals surface area (Å²) in [6, 6.07) is 5.63. The Morgan fingerprint density at radius 2 is 1.89 bits per heavy atom. The van der Waals surface area contributed by atoms with Crippen LogP contribution in [0.4, 0.5) is 5.69 Å². The Labute approximate surface area is 113 Å². The minimum atomic E-state index is -0.142. The molecule has 2 rings (SSSR count). The van der Waals surface area contributed by atoms with Crippen LogP contribution >= 0.6 is 0 Å². The number of nitrogen functional groups attached to an aromatic ring is 1. The maximum atomic E-state index is 5.92. The molecule has 0 aliphatic carbocycles. The van der Waals surface area contributed by atoms with Crippen molar-refractivity contribution >= 4 is 16.5 Å². The van der Waals surface area contributed by atoms with Crippen molar-refractivity contribution in [2.45, 2.75) is 26.4 Å². The lowest BCUT2D eigenvalue weighted by atomic mass is 10.1. The fourth-order valence-corrected chi connectivity index (χ4v) is 1.81.